The summed E-state index contributed by atoms with van der Waals surface area (Å²) in [7, 11) is 0. The predicted molar refractivity (Wildman–Crippen MR) is 110 cm³/mol. The molecule has 0 unspecified atom stereocenters. The molecule has 1 N–H and O–H groups in total. The molecule has 0 saturated heterocycles. The van der Waals surface area contributed by atoms with E-state index in [2.05, 4.69) is 17.1 Å². The molecule has 2 heterocycles. The van der Waals surface area contributed by atoms with Crippen LogP contribution in [0.3, 0.4) is 0 Å². The van der Waals surface area contributed by atoms with Gasteiger partial charge < -0.3 is 9.55 Å². The van der Waals surface area contributed by atoms with Gasteiger partial charge in [-0.25, -0.2) is 8.78 Å². The Morgan fingerprint density at radius 3 is 2.66 bits per heavy atom. The van der Waals surface area contributed by atoms with Crippen molar-refractivity contribution in [2.45, 2.75) is 32.7 Å². The predicted octanol–water partition coefficient (Wildman–Crippen LogP) is 5.12. The summed E-state index contributed by atoms with van der Waals surface area (Å²) in [6.45, 7) is 2.14. The SMILES string of the molecule is Cc1c(-c2ccc[nH]c2=O)c2cc3c(cc2n1Cc1cc(F)ccc1F)CCC3. The Balaban J connectivity index is 1.80. The zero-order valence-electron chi connectivity index (χ0n) is 16.1. The summed E-state index contributed by atoms with van der Waals surface area (Å²) in [4.78, 5) is 15.3. The topological polar surface area (TPSA) is 37.8 Å². The second-order valence-corrected chi connectivity index (χ2v) is 7.69. The van der Waals surface area contributed by atoms with E-state index in [1.54, 1.807) is 18.3 Å². The minimum atomic E-state index is -0.462. The van der Waals surface area contributed by atoms with Crippen molar-refractivity contribution in [3.63, 3.8) is 0 Å². The number of hydrogen-bond donors (Lipinski definition) is 1. The highest BCUT2D eigenvalue weighted by Gasteiger charge is 2.22. The number of benzene rings is 2. The molecule has 1 aliphatic carbocycles. The third kappa shape index (κ3) is 2.89. The van der Waals surface area contributed by atoms with E-state index < -0.39 is 11.6 Å². The molecule has 0 spiro atoms. The molecule has 0 fully saturated rings. The first-order valence-electron chi connectivity index (χ1n) is 9.79. The summed E-state index contributed by atoms with van der Waals surface area (Å²) in [6.07, 6.45) is 4.77. The molecule has 5 heteroatoms. The Labute approximate surface area is 166 Å². The number of halogens is 2. The largest absolute Gasteiger partial charge is 0.340 e. The van der Waals surface area contributed by atoms with Crippen molar-refractivity contribution < 1.29 is 8.78 Å². The molecule has 0 amide bonds. The number of fused-ring (bicyclic) bond motifs is 2. The van der Waals surface area contributed by atoms with Gasteiger partial charge in [0.1, 0.15) is 11.6 Å². The first-order valence-corrected chi connectivity index (χ1v) is 9.79. The van der Waals surface area contributed by atoms with Crippen LogP contribution < -0.4 is 5.56 Å². The number of nitrogens with one attached hydrogen (secondary N) is 1. The molecule has 5 rings (SSSR count). The van der Waals surface area contributed by atoms with E-state index in [1.807, 2.05) is 11.5 Å². The van der Waals surface area contributed by atoms with Crippen LogP contribution in [-0.2, 0) is 19.4 Å². The second-order valence-electron chi connectivity index (χ2n) is 7.69. The summed E-state index contributed by atoms with van der Waals surface area (Å²) in [6, 6.07) is 11.5. The van der Waals surface area contributed by atoms with Gasteiger partial charge in [0, 0.05) is 39.5 Å². The van der Waals surface area contributed by atoms with Crippen LogP contribution in [-0.4, -0.2) is 9.55 Å². The van der Waals surface area contributed by atoms with Crippen molar-refractivity contribution in [1.29, 1.82) is 0 Å². The number of aromatic amines is 1. The Hall–Kier alpha value is -3.21. The normalized spacial score (nSPS) is 13.2. The first kappa shape index (κ1) is 17.9. The zero-order valence-corrected chi connectivity index (χ0v) is 16.1. The average molecular weight is 390 g/mol. The first-order chi connectivity index (χ1) is 14.0. The standard InChI is InChI=1S/C24H20F2N2O/c1-14-23(19-6-3-9-27-24(19)29)20-11-15-4-2-5-16(15)12-22(20)28(14)13-17-10-18(25)7-8-21(17)26/h3,6-12H,2,4-5,13H2,1H3,(H,27,29). The molecule has 0 atom stereocenters. The number of pyridine rings is 1. The molecule has 4 aromatic rings. The fourth-order valence-electron chi connectivity index (χ4n) is 4.54. The lowest BCUT2D eigenvalue weighted by molar-refractivity contribution is 0.578. The van der Waals surface area contributed by atoms with Gasteiger partial charge in [-0.1, -0.05) is 0 Å². The molecule has 2 aromatic carbocycles. The minimum Gasteiger partial charge on any atom is -0.340 e. The van der Waals surface area contributed by atoms with Crippen LogP contribution in [0.1, 0.15) is 28.8 Å². The molecule has 1 aliphatic rings. The van der Waals surface area contributed by atoms with Gasteiger partial charge >= 0.3 is 0 Å². The van der Waals surface area contributed by atoms with Crippen LogP contribution in [0.25, 0.3) is 22.0 Å². The number of H-pyrrole nitrogens is 1. The lowest BCUT2D eigenvalue weighted by Crippen LogP contribution is -2.08. The quantitative estimate of drug-likeness (QED) is 0.518. The van der Waals surface area contributed by atoms with Crippen molar-refractivity contribution in [2.24, 2.45) is 0 Å². The van der Waals surface area contributed by atoms with E-state index in [0.717, 1.165) is 53.6 Å². The molecule has 3 nitrogen and oxygen atoms in total. The van der Waals surface area contributed by atoms with Crippen LogP contribution in [0.4, 0.5) is 8.78 Å². The number of hydrogen-bond acceptors (Lipinski definition) is 1. The maximum atomic E-state index is 14.4. The summed E-state index contributed by atoms with van der Waals surface area (Å²) >= 11 is 0. The molecule has 0 saturated carbocycles. The summed E-state index contributed by atoms with van der Waals surface area (Å²) < 4.78 is 30.1. The maximum absolute atomic E-state index is 14.4. The van der Waals surface area contributed by atoms with Gasteiger partial charge in [-0.3, -0.25) is 4.79 Å². The van der Waals surface area contributed by atoms with E-state index in [1.165, 1.54) is 17.2 Å². The van der Waals surface area contributed by atoms with Crippen molar-refractivity contribution in [3.05, 3.63) is 93.0 Å². The van der Waals surface area contributed by atoms with Gasteiger partial charge in [-0.15, -0.1) is 0 Å². The summed E-state index contributed by atoms with van der Waals surface area (Å²) in [5.74, 6) is -0.899. The summed E-state index contributed by atoms with van der Waals surface area (Å²) in [5, 5.41) is 0.983. The van der Waals surface area contributed by atoms with Gasteiger partial charge in [0.2, 0.25) is 0 Å². The lowest BCUT2D eigenvalue weighted by atomic mass is 10.0. The monoisotopic (exact) mass is 390 g/mol. The van der Waals surface area contributed by atoms with Gasteiger partial charge in [-0.2, -0.15) is 0 Å². The number of rotatable bonds is 3. The van der Waals surface area contributed by atoms with E-state index in [-0.39, 0.29) is 12.1 Å². The second kappa shape index (κ2) is 6.69. The number of nitrogens with zero attached hydrogens (tertiary/aromatic N) is 1. The van der Waals surface area contributed by atoms with E-state index in [0.29, 0.717) is 11.1 Å². The highest BCUT2D eigenvalue weighted by Crippen LogP contribution is 2.37. The Kier molecular flexibility index (Phi) is 4.12. The maximum Gasteiger partial charge on any atom is 0.255 e. The van der Waals surface area contributed by atoms with Crippen molar-refractivity contribution in [3.8, 4) is 11.1 Å². The molecule has 2 aromatic heterocycles. The van der Waals surface area contributed by atoms with Gasteiger partial charge in [0.05, 0.1) is 6.54 Å². The molecule has 0 radical (unpaired) electrons. The van der Waals surface area contributed by atoms with Gasteiger partial charge in [-0.05, 0) is 79.8 Å². The van der Waals surface area contributed by atoms with Crippen LogP contribution in [0.15, 0.2) is 53.5 Å². The van der Waals surface area contributed by atoms with Crippen LogP contribution >= 0.6 is 0 Å². The number of aryl methyl sites for hydroxylation is 2. The molecular formula is C24H20F2N2O. The van der Waals surface area contributed by atoms with Crippen LogP contribution in [0, 0.1) is 18.6 Å². The fourth-order valence-corrected chi connectivity index (χ4v) is 4.54. The lowest BCUT2D eigenvalue weighted by Gasteiger charge is -2.11. The third-order valence-corrected chi connectivity index (χ3v) is 5.96. The average Bonchev–Trinajstić information content (AvgIpc) is 3.26. The molecular weight excluding hydrogens is 370 g/mol. The van der Waals surface area contributed by atoms with Crippen LogP contribution in [0.2, 0.25) is 0 Å². The Morgan fingerprint density at radius 2 is 1.86 bits per heavy atom. The molecule has 146 valence electrons. The Bertz CT molecular complexity index is 1320. The molecule has 0 aliphatic heterocycles. The van der Waals surface area contributed by atoms with Crippen molar-refractivity contribution >= 4 is 10.9 Å². The van der Waals surface area contributed by atoms with Gasteiger partial charge in [0.25, 0.3) is 5.56 Å². The molecule has 29 heavy (non-hydrogen) atoms. The molecule has 0 bridgehead atoms. The third-order valence-electron chi connectivity index (χ3n) is 5.96. The Morgan fingerprint density at radius 1 is 1.07 bits per heavy atom. The van der Waals surface area contributed by atoms with Crippen molar-refractivity contribution in [1.82, 2.24) is 9.55 Å². The van der Waals surface area contributed by atoms with Crippen molar-refractivity contribution in [2.75, 3.05) is 0 Å². The van der Waals surface area contributed by atoms with Crippen LogP contribution in [0.5, 0.6) is 0 Å². The van der Waals surface area contributed by atoms with E-state index >= 15 is 0 Å². The minimum absolute atomic E-state index is 0.160. The fraction of sp³-hybridized carbons (Fsp3) is 0.208. The zero-order chi connectivity index (χ0) is 20.1. The highest BCUT2D eigenvalue weighted by molar-refractivity contribution is 5.99. The van der Waals surface area contributed by atoms with E-state index in [4.69, 9.17) is 0 Å². The summed E-state index contributed by atoms with van der Waals surface area (Å²) in [5.41, 5.74) is 5.99. The number of aromatic nitrogens is 2. The van der Waals surface area contributed by atoms with Gasteiger partial charge in [0.15, 0.2) is 0 Å². The smallest absolute Gasteiger partial charge is 0.255 e. The highest BCUT2D eigenvalue weighted by atomic mass is 19.1. The van der Waals surface area contributed by atoms with E-state index in [9.17, 15) is 13.6 Å².